The van der Waals surface area contributed by atoms with Crippen molar-refractivity contribution in [1.29, 1.82) is 0 Å². The molecule has 0 atom stereocenters. The van der Waals surface area contributed by atoms with Crippen LogP contribution in [0.4, 0.5) is 5.69 Å². The van der Waals surface area contributed by atoms with Gasteiger partial charge >= 0.3 is 0 Å². The number of halogens is 2. The van der Waals surface area contributed by atoms with Gasteiger partial charge in [0.15, 0.2) is 0 Å². The van der Waals surface area contributed by atoms with Crippen LogP contribution < -0.4 is 9.46 Å². The summed E-state index contributed by atoms with van der Waals surface area (Å²) in [5, 5.41) is -0.0771. The van der Waals surface area contributed by atoms with Crippen molar-refractivity contribution in [3.8, 4) is 5.88 Å². The van der Waals surface area contributed by atoms with E-state index in [0.717, 1.165) is 0 Å². The standard InChI is InChI=1S/C12H11Cl2N3O3S/c1-7-6-10(20-2)16-12(15-7)21(18,19)17-11-8(13)4-3-5-9(11)14/h3-6,17H,1-2H3. The lowest BCUT2D eigenvalue weighted by Gasteiger charge is -2.11. The molecule has 0 saturated carbocycles. The zero-order chi connectivity index (χ0) is 15.6. The Bertz CT molecular complexity index is 761. The van der Waals surface area contributed by atoms with Gasteiger partial charge in [-0.05, 0) is 19.1 Å². The molecule has 0 unspecified atom stereocenters. The van der Waals surface area contributed by atoms with Crippen LogP contribution in [0.5, 0.6) is 5.88 Å². The molecule has 0 aliphatic heterocycles. The lowest BCUT2D eigenvalue weighted by Crippen LogP contribution is -2.17. The molecule has 0 fully saturated rings. The number of methoxy groups -OCH3 is 1. The largest absolute Gasteiger partial charge is 0.481 e. The number of hydrogen-bond donors (Lipinski definition) is 1. The minimum Gasteiger partial charge on any atom is -0.481 e. The number of nitrogens with zero attached hydrogens (tertiary/aromatic N) is 2. The Morgan fingerprint density at radius 1 is 1.19 bits per heavy atom. The number of hydrogen-bond acceptors (Lipinski definition) is 5. The molecule has 0 spiro atoms. The van der Waals surface area contributed by atoms with Crippen molar-refractivity contribution in [1.82, 2.24) is 9.97 Å². The van der Waals surface area contributed by atoms with Crippen LogP contribution in [0.25, 0.3) is 0 Å². The highest BCUT2D eigenvalue weighted by Gasteiger charge is 2.22. The van der Waals surface area contributed by atoms with Crippen LogP contribution in [0.2, 0.25) is 10.0 Å². The minimum atomic E-state index is -4.03. The lowest BCUT2D eigenvalue weighted by molar-refractivity contribution is 0.390. The summed E-state index contributed by atoms with van der Waals surface area (Å²) in [7, 11) is -2.65. The SMILES string of the molecule is COc1cc(C)nc(S(=O)(=O)Nc2c(Cl)cccc2Cl)n1. The van der Waals surface area contributed by atoms with Gasteiger partial charge in [-0.3, -0.25) is 4.72 Å². The fourth-order valence-electron chi connectivity index (χ4n) is 1.51. The van der Waals surface area contributed by atoms with Gasteiger partial charge in [0.05, 0.1) is 22.8 Å². The van der Waals surface area contributed by atoms with E-state index in [0.29, 0.717) is 5.69 Å². The van der Waals surface area contributed by atoms with E-state index in [2.05, 4.69) is 14.7 Å². The van der Waals surface area contributed by atoms with E-state index in [1.54, 1.807) is 13.0 Å². The van der Waals surface area contributed by atoms with Gasteiger partial charge in [0.1, 0.15) is 0 Å². The molecule has 0 saturated heterocycles. The molecule has 6 nitrogen and oxygen atoms in total. The highest BCUT2D eigenvalue weighted by Crippen LogP contribution is 2.31. The van der Waals surface area contributed by atoms with Gasteiger partial charge in [-0.1, -0.05) is 29.3 Å². The number of ether oxygens (including phenoxy) is 1. The summed E-state index contributed by atoms with van der Waals surface area (Å²) >= 11 is 11.9. The van der Waals surface area contributed by atoms with Gasteiger partial charge < -0.3 is 4.74 Å². The summed E-state index contributed by atoms with van der Waals surface area (Å²) in [6, 6.07) is 6.15. The third-order valence-corrected chi connectivity index (χ3v) is 4.22. The van der Waals surface area contributed by atoms with Crippen LogP contribution in [-0.2, 0) is 10.0 Å². The van der Waals surface area contributed by atoms with Gasteiger partial charge in [-0.15, -0.1) is 0 Å². The van der Waals surface area contributed by atoms with Crippen LogP contribution in [-0.4, -0.2) is 25.5 Å². The molecular weight excluding hydrogens is 337 g/mol. The molecule has 0 aliphatic rings. The summed E-state index contributed by atoms with van der Waals surface area (Å²) < 4.78 is 31.8. The monoisotopic (exact) mass is 347 g/mol. The first kappa shape index (κ1) is 15.8. The third kappa shape index (κ3) is 3.55. The van der Waals surface area contributed by atoms with Crippen molar-refractivity contribution in [3.63, 3.8) is 0 Å². The zero-order valence-corrected chi connectivity index (χ0v) is 13.4. The van der Waals surface area contributed by atoms with Crippen molar-refractivity contribution in [2.75, 3.05) is 11.8 Å². The van der Waals surface area contributed by atoms with Crippen LogP contribution in [0.3, 0.4) is 0 Å². The van der Waals surface area contributed by atoms with E-state index >= 15 is 0 Å². The Balaban J connectivity index is 2.46. The van der Waals surface area contributed by atoms with Crippen LogP contribution in [0.1, 0.15) is 5.69 Å². The lowest BCUT2D eigenvalue weighted by atomic mass is 10.3. The highest BCUT2D eigenvalue weighted by molar-refractivity contribution is 7.92. The Morgan fingerprint density at radius 3 is 2.38 bits per heavy atom. The highest BCUT2D eigenvalue weighted by atomic mass is 35.5. The zero-order valence-electron chi connectivity index (χ0n) is 11.1. The molecule has 9 heteroatoms. The topological polar surface area (TPSA) is 81.2 Å². The normalized spacial score (nSPS) is 11.2. The number of anilines is 1. The Morgan fingerprint density at radius 2 is 1.81 bits per heavy atom. The average molecular weight is 348 g/mol. The van der Waals surface area contributed by atoms with E-state index < -0.39 is 15.2 Å². The number of aromatic nitrogens is 2. The molecule has 1 heterocycles. The fraction of sp³-hybridized carbons (Fsp3) is 0.167. The molecule has 1 N–H and O–H groups in total. The van der Waals surface area contributed by atoms with Crippen molar-refractivity contribution in [2.24, 2.45) is 0 Å². The molecule has 0 aliphatic carbocycles. The third-order valence-electron chi connectivity index (χ3n) is 2.46. The Hall–Kier alpha value is -1.57. The van der Waals surface area contributed by atoms with Gasteiger partial charge in [-0.25, -0.2) is 4.98 Å². The van der Waals surface area contributed by atoms with Crippen molar-refractivity contribution in [3.05, 3.63) is 40.0 Å². The fourth-order valence-corrected chi connectivity index (χ4v) is 3.17. The maximum atomic E-state index is 12.3. The number of aryl methyl sites for hydroxylation is 1. The summed E-state index contributed by atoms with van der Waals surface area (Å²) in [5.41, 5.74) is 0.525. The molecule has 1 aromatic heterocycles. The van der Waals surface area contributed by atoms with Gasteiger partial charge in [0.25, 0.3) is 15.2 Å². The smallest absolute Gasteiger partial charge is 0.297 e. The maximum Gasteiger partial charge on any atom is 0.297 e. The number of rotatable bonds is 4. The Kier molecular flexibility index (Phi) is 4.55. The molecule has 1 aromatic carbocycles. The predicted octanol–water partition coefficient (Wildman–Crippen LogP) is 2.90. The first-order valence-corrected chi connectivity index (χ1v) is 7.94. The summed E-state index contributed by atoms with van der Waals surface area (Å²) in [6.07, 6.45) is 0. The molecule has 112 valence electrons. The summed E-state index contributed by atoms with van der Waals surface area (Å²) in [5.74, 6) is 0.146. The van der Waals surface area contributed by atoms with Crippen LogP contribution in [0, 0.1) is 6.92 Å². The van der Waals surface area contributed by atoms with E-state index in [1.165, 1.54) is 25.3 Å². The minimum absolute atomic E-state index is 0.0740. The van der Waals surface area contributed by atoms with Crippen molar-refractivity contribution >= 4 is 38.9 Å². The van der Waals surface area contributed by atoms with Crippen molar-refractivity contribution < 1.29 is 13.2 Å². The number of sulfonamides is 1. The van der Waals surface area contributed by atoms with Gasteiger partial charge in [0.2, 0.25) is 5.88 Å². The number of nitrogens with one attached hydrogen (secondary N) is 1. The number of para-hydroxylation sites is 1. The van der Waals surface area contributed by atoms with Crippen LogP contribution in [0.15, 0.2) is 29.4 Å². The second kappa shape index (κ2) is 6.05. The molecular formula is C12H11Cl2N3O3S. The van der Waals surface area contributed by atoms with E-state index in [1.807, 2.05) is 0 Å². The van der Waals surface area contributed by atoms with Crippen LogP contribution >= 0.6 is 23.2 Å². The molecule has 2 aromatic rings. The van der Waals surface area contributed by atoms with Gasteiger partial charge in [-0.2, -0.15) is 13.4 Å². The van der Waals surface area contributed by atoms with E-state index in [9.17, 15) is 8.42 Å². The second-order valence-electron chi connectivity index (χ2n) is 4.04. The predicted molar refractivity (Wildman–Crippen MR) is 80.6 cm³/mol. The molecule has 0 radical (unpaired) electrons. The van der Waals surface area contributed by atoms with E-state index in [-0.39, 0.29) is 21.6 Å². The summed E-state index contributed by atoms with van der Waals surface area (Å²) in [4.78, 5) is 7.69. The number of benzene rings is 1. The van der Waals surface area contributed by atoms with Gasteiger partial charge in [0, 0.05) is 11.8 Å². The maximum absolute atomic E-state index is 12.3. The molecule has 0 bridgehead atoms. The Labute approximate surface area is 132 Å². The first-order chi connectivity index (χ1) is 9.83. The second-order valence-corrected chi connectivity index (χ2v) is 6.43. The quantitative estimate of drug-likeness (QED) is 0.860. The van der Waals surface area contributed by atoms with Crippen molar-refractivity contribution in [2.45, 2.75) is 12.1 Å². The molecule has 2 rings (SSSR count). The molecule has 21 heavy (non-hydrogen) atoms. The molecule has 0 amide bonds. The first-order valence-electron chi connectivity index (χ1n) is 5.70. The average Bonchev–Trinajstić information content (AvgIpc) is 2.42. The summed E-state index contributed by atoms with van der Waals surface area (Å²) in [6.45, 7) is 1.63. The van der Waals surface area contributed by atoms with E-state index in [4.69, 9.17) is 27.9 Å².